The molecule has 2 N–H and O–H groups in total. The van der Waals surface area contributed by atoms with Crippen LogP contribution in [0.25, 0.3) is 0 Å². The Labute approximate surface area is 169 Å². The molecule has 1 aromatic heterocycles. The highest BCUT2D eigenvalue weighted by atomic mass is 35.5. The van der Waals surface area contributed by atoms with E-state index in [1.54, 1.807) is 10.9 Å². The Balaban J connectivity index is 0.00000261. The Morgan fingerprint density at radius 2 is 1.93 bits per heavy atom. The number of rotatable bonds is 6. The van der Waals surface area contributed by atoms with Gasteiger partial charge in [-0.05, 0) is 50.2 Å². The van der Waals surface area contributed by atoms with E-state index in [-0.39, 0.29) is 41.3 Å². The molecule has 0 unspecified atom stereocenters. The van der Waals surface area contributed by atoms with Crippen LogP contribution >= 0.6 is 24.0 Å². The van der Waals surface area contributed by atoms with Gasteiger partial charge in [-0.15, -0.1) is 17.5 Å². The summed E-state index contributed by atoms with van der Waals surface area (Å²) < 4.78 is 26.2. The van der Waals surface area contributed by atoms with Crippen LogP contribution in [0.3, 0.4) is 0 Å². The van der Waals surface area contributed by atoms with E-state index in [2.05, 4.69) is 20.9 Å². The number of nitrogens with one attached hydrogen (secondary N) is 2. The second-order valence-corrected chi connectivity index (χ2v) is 8.64. The molecule has 11 heteroatoms. The van der Waals surface area contributed by atoms with Crippen molar-refractivity contribution in [3.8, 4) is 0 Å². The van der Waals surface area contributed by atoms with E-state index in [9.17, 15) is 13.2 Å². The minimum Gasteiger partial charge on any atom is -0.350 e. The first-order valence-corrected chi connectivity index (χ1v) is 10.4. The van der Waals surface area contributed by atoms with Crippen LogP contribution in [0.5, 0.6) is 0 Å². The summed E-state index contributed by atoms with van der Waals surface area (Å²) in [7, 11) is -3.49. The fourth-order valence-corrected chi connectivity index (χ4v) is 4.06. The molecule has 1 aromatic carbocycles. The molecule has 8 nitrogen and oxygen atoms in total. The molecule has 148 valence electrons. The summed E-state index contributed by atoms with van der Waals surface area (Å²) in [4.78, 5) is 12.3. The number of carbonyl (C=O) groups is 1. The zero-order chi connectivity index (χ0) is 18.6. The molecular weight excluding hydrogens is 413 g/mol. The van der Waals surface area contributed by atoms with E-state index in [1.165, 1.54) is 24.3 Å². The number of sulfone groups is 1. The summed E-state index contributed by atoms with van der Waals surface area (Å²) in [6.07, 6.45) is 3.48. The van der Waals surface area contributed by atoms with Crippen molar-refractivity contribution in [3.05, 3.63) is 41.2 Å². The topological polar surface area (TPSA) is 106 Å². The Morgan fingerprint density at radius 3 is 2.59 bits per heavy atom. The molecule has 1 aliphatic heterocycles. The van der Waals surface area contributed by atoms with E-state index in [4.69, 9.17) is 11.6 Å². The van der Waals surface area contributed by atoms with Crippen LogP contribution in [0.1, 0.15) is 29.4 Å². The molecule has 2 heterocycles. The van der Waals surface area contributed by atoms with E-state index >= 15 is 0 Å². The van der Waals surface area contributed by atoms with Crippen molar-refractivity contribution in [2.24, 2.45) is 0 Å². The van der Waals surface area contributed by atoms with Crippen molar-refractivity contribution >= 4 is 39.8 Å². The standard InChI is InChI=1S/C16H20ClN5O3S.ClH/c17-12-1-3-14(4-2-12)26(24,25)10-9-19-16(23)15-11-22(21-20-15)13-5-7-18-8-6-13;/h1-4,11,13,18H,5-10H2,(H,19,23);1H. The molecule has 2 aromatic rings. The van der Waals surface area contributed by atoms with E-state index in [0.29, 0.717) is 5.02 Å². The predicted molar refractivity (Wildman–Crippen MR) is 104 cm³/mol. The minimum atomic E-state index is -3.49. The van der Waals surface area contributed by atoms with Gasteiger partial charge in [0, 0.05) is 11.6 Å². The lowest BCUT2D eigenvalue weighted by atomic mass is 10.1. The number of nitrogens with zero attached hydrogens (tertiary/aromatic N) is 3. The van der Waals surface area contributed by atoms with Crippen LogP contribution < -0.4 is 10.6 Å². The maximum Gasteiger partial charge on any atom is 0.273 e. The van der Waals surface area contributed by atoms with E-state index in [1.807, 2.05) is 0 Å². The van der Waals surface area contributed by atoms with Gasteiger partial charge in [0.15, 0.2) is 15.5 Å². The molecule has 1 saturated heterocycles. The van der Waals surface area contributed by atoms with Crippen molar-refractivity contribution in [3.63, 3.8) is 0 Å². The highest BCUT2D eigenvalue weighted by Crippen LogP contribution is 2.17. The monoisotopic (exact) mass is 433 g/mol. The lowest BCUT2D eigenvalue weighted by molar-refractivity contribution is 0.0951. The van der Waals surface area contributed by atoms with Crippen molar-refractivity contribution in [2.45, 2.75) is 23.8 Å². The van der Waals surface area contributed by atoms with Gasteiger partial charge in [-0.2, -0.15) is 0 Å². The quantitative estimate of drug-likeness (QED) is 0.714. The maximum atomic E-state index is 12.2. The molecular formula is C16H21Cl2N5O3S. The minimum absolute atomic E-state index is 0. The average Bonchev–Trinajstić information content (AvgIpc) is 3.13. The molecule has 27 heavy (non-hydrogen) atoms. The van der Waals surface area contributed by atoms with E-state index < -0.39 is 15.7 Å². The number of piperidine rings is 1. The number of hydrogen-bond acceptors (Lipinski definition) is 6. The first kappa shape index (κ1) is 21.6. The second kappa shape index (κ2) is 9.50. The van der Waals surface area contributed by atoms with Crippen LogP contribution in [0.15, 0.2) is 35.4 Å². The van der Waals surface area contributed by atoms with Gasteiger partial charge >= 0.3 is 0 Å². The molecule has 0 aliphatic carbocycles. The van der Waals surface area contributed by atoms with Gasteiger partial charge in [0.1, 0.15) is 0 Å². The van der Waals surface area contributed by atoms with Crippen LogP contribution in [-0.2, 0) is 9.84 Å². The fourth-order valence-electron chi connectivity index (χ4n) is 2.78. The summed E-state index contributed by atoms with van der Waals surface area (Å²) >= 11 is 5.76. The Morgan fingerprint density at radius 1 is 1.26 bits per heavy atom. The summed E-state index contributed by atoms with van der Waals surface area (Å²) in [6, 6.07) is 6.17. The van der Waals surface area contributed by atoms with Crippen molar-refractivity contribution in [1.82, 2.24) is 25.6 Å². The van der Waals surface area contributed by atoms with Crippen LogP contribution in [0, 0.1) is 0 Å². The van der Waals surface area contributed by atoms with Crippen molar-refractivity contribution in [1.29, 1.82) is 0 Å². The maximum absolute atomic E-state index is 12.2. The fraction of sp³-hybridized carbons (Fsp3) is 0.438. The lowest BCUT2D eigenvalue weighted by Gasteiger charge is -2.22. The highest BCUT2D eigenvalue weighted by molar-refractivity contribution is 7.91. The molecule has 1 amide bonds. The van der Waals surface area contributed by atoms with Gasteiger partial charge in [-0.3, -0.25) is 4.79 Å². The third-order valence-corrected chi connectivity index (χ3v) is 6.24. The van der Waals surface area contributed by atoms with Crippen LogP contribution in [0.4, 0.5) is 0 Å². The first-order valence-electron chi connectivity index (χ1n) is 8.35. The van der Waals surface area contributed by atoms with Crippen LogP contribution in [-0.4, -0.2) is 54.7 Å². The summed E-state index contributed by atoms with van der Waals surface area (Å²) in [5.41, 5.74) is 0.187. The molecule has 1 aliphatic rings. The lowest BCUT2D eigenvalue weighted by Crippen LogP contribution is -2.30. The Bertz CT molecular complexity index is 864. The van der Waals surface area contributed by atoms with Gasteiger partial charge in [0.25, 0.3) is 5.91 Å². The molecule has 0 atom stereocenters. The third-order valence-electron chi connectivity index (χ3n) is 4.25. The molecule has 0 bridgehead atoms. The number of benzene rings is 1. The normalized spacial score (nSPS) is 15.1. The zero-order valence-electron chi connectivity index (χ0n) is 14.5. The predicted octanol–water partition coefficient (Wildman–Crippen LogP) is 1.48. The molecule has 0 saturated carbocycles. The number of hydrogen-bond donors (Lipinski definition) is 2. The summed E-state index contributed by atoms with van der Waals surface area (Å²) in [5.74, 6) is -0.639. The molecule has 1 fully saturated rings. The highest BCUT2D eigenvalue weighted by Gasteiger charge is 2.19. The van der Waals surface area contributed by atoms with Gasteiger partial charge in [-0.1, -0.05) is 16.8 Å². The van der Waals surface area contributed by atoms with Crippen LogP contribution in [0.2, 0.25) is 5.02 Å². The van der Waals surface area contributed by atoms with Gasteiger partial charge in [0.05, 0.1) is 22.9 Å². The molecule has 0 spiro atoms. The van der Waals surface area contributed by atoms with Crippen molar-refractivity contribution < 1.29 is 13.2 Å². The molecule has 3 rings (SSSR count). The summed E-state index contributed by atoms with van der Waals surface area (Å²) in [5, 5.41) is 14.2. The second-order valence-electron chi connectivity index (χ2n) is 6.09. The number of halogens is 2. The van der Waals surface area contributed by atoms with Crippen molar-refractivity contribution in [2.75, 3.05) is 25.4 Å². The Hall–Kier alpha value is -1.68. The van der Waals surface area contributed by atoms with Gasteiger partial charge in [0.2, 0.25) is 0 Å². The first-order chi connectivity index (χ1) is 12.5. The Kier molecular flexibility index (Phi) is 7.60. The smallest absolute Gasteiger partial charge is 0.273 e. The number of aromatic nitrogens is 3. The number of carbonyl (C=O) groups excluding carboxylic acids is 1. The molecule has 0 radical (unpaired) electrons. The average molecular weight is 434 g/mol. The van der Waals surface area contributed by atoms with E-state index in [0.717, 1.165) is 25.9 Å². The largest absolute Gasteiger partial charge is 0.350 e. The van der Waals surface area contributed by atoms with Gasteiger partial charge in [-0.25, -0.2) is 13.1 Å². The van der Waals surface area contributed by atoms with Gasteiger partial charge < -0.3 is 10.6 Å². The number of amides is 1. The SMILES string of the molecule is Cl.O=C(NCCS(=O)(=O)c1ccc(Cl)cc1)c1cn(C2CCNCC2)nn1. The zero-order valence-corrected chi connectivity index (χ0v) is 16.9. The summed E-state index contributed by atoms with van der Waals surface area (Å²) in [6.45, 7) is 1.81. The third kappa shape index (κ3) is 5.65.